The van der Waals surface area contributed by atoms with Crippen molar-refractivity contribution >= 4 is 36.6 Å². The van der Waals surface area contributed by atoms with E-state index in [-0.39, 0.29) is 24.8 Å². The van der Waals surface area contributed by atoms with Gasteiger partial charge in [-0.1, -0.05) is 11.8 Å². The number of aromatic nitrogens is 3. The predicted molar refractivity (Wildman–Crippen MR) is 55.3 cm³/mol. The van der Waals surface area contributed by atoms with Gasteiger partial charge >= 0.3 is 0 Å². The number of hydrogen-bond donors (Lipinski definition) is 1. The van der Waals surface area contributed by atoms with E-state index < -0.39 is 0 Å². The minimum atomic E-state index is 0. The molecule has 1 aromatic rings. The molecule has 72 valence electrons. The van der Waals surface area contributed by atoms with E-state index in [1.54, 1.807) is 18.1 Å². The lowest BCUT2D eigenvalue weighted by atomic mass is 10.8. The summed E-state index contributed by atoms with van der Waals surface area (Å²) in [7, 11) is 1.92. The molecule has 0 aliphatic heterocycles. The summed E-state index contributed by atoms with van der Waals surface area (Å²) in [6.07, 6.45) is 1.68. The lowest BCUT2D eigenvalue weighted by molar-refractivity contribution is 0.788. The highest BCUT2D eigenvalue weighted by atomic mass is 35.5. The van der Waals surface area contributed by atoms with Crippen LogP contribution in [0.3, 0.4) is 0 Å². The maximum absolute atomic E-state index is 5.32. The van der Waals surface area contributed by atoms with Crippen LogP contribution >= 0.6 is 36.6 Å². The number of hydrogen-bond acceptors (Lipinski definition) is 4. The fourth-order valence-corrected chi connectivity index (χ4v) is 1.21. The second kappa shape index (κ2) is 7.67. The molecule has 1 aromatic heterocycles. The van der Waals surface area contributed by atoms with E-state index >= 15 is 0 Å². The first-order valence-corrected chi connectivity index (χ1v) is 4.00. The second-order valence-corrected chi connectivity index (χ2v) is 2.92. The average Bonchev–Trinajstić information content (AvgIpc) is 2.31. The Bertz CT molecular complexity index is 205. The zero-order chi connectivity index (χ0) is 7.40. The molecule has 0 fully saturated rings. The van der Waals surface area contributed by atoms with Gasteiger partial charge in [-0.25, -0.2) is 0 Å². The van der Waals surface area contributed by atoms with Gasteiger partial charge in [0.2, 0.25) is 0 Å². The van der Waals surface area contributed by atoms with Crippen LogP contribution in [0.2, 0.25) is 0 Å². The number of rotatable bonds is 3. The zero-order valence-corrected chi connectivity index (χ0v) is 9.08. The Morgan fingerprint density at radius 1 is 1.58 bits per heavy atom. The summed E-state index contributed by atoms with van der Waals surface area (Å²) in [6, 6.07) is 0. The highest BCUT2D eigenvalue weighted by Crippen LogP contribution is 2.11. The summed E-state index contributed by atoms with van der Waals surface area (Å²) in [5, 5.41) is 8.52. The fraction of sp³-hybridized carbons (Fsp3) is 0.600. The van der Waals surface area contributed by atoms with Crippen molar-refractivity contribution in [2.45, 2.75) is 5.16 Å². The fourth-order valence-electron chi connectivity index (χ4n) is 0.553. The van der Waals surface area contributed by atoms with Crippen LogP contribution in [0.15, 0.2) is 11.5 Å². The van der Waals surface area contributed by atoms with Crippen molar-refractivity contribution in [2.24, 2.45) is 12.8 Å². The molecule has 0 radical (unpaired) electrons. The third-order valence-corrected chi connectivity index (χ3v) is 2.09. The number of halogens is 2. The smallest absolute Gasteiger partial charge is 0.190 e. The standard InChI is InChI=1S/C5H10N4S.2ClH/c1-9-4-7-8-5(9)10-3-2-6;;/h4H,2-3,6H2,1H3;2*1H. The first kappa shape index (κ1) is 14.5. The summed E-state index contributed by atoms with van der Waals surface area (Å²) < 4.78 is 1.88. The Kier molecular flexibility index (Phi) is 9.30. The highest BCUT2D eigenvalue weighted by molar-refractivity contribution is 7.99. The predicted octanol–water partition coefficient (Wildman–Crippen LogP) is 0.709. The Balaban J connectivity index is 0. The van der Waals surface area contributed by atoms with Crippen LogP contribution in [0.5, 0.6) is 0 Å². The van der Waals surface area contributed by atoms with Crippen LogP contribution in [-0.4, -0.2) is 27.1 Å². The Hall–Kier alpha value is 0.0300. The van der Waals surface area contributed by atoms with E-state index in [2.05, 4.69) is 10.2 Å². The Morgan fingerprint density at radius 3 is 2.67 bits per heavy atom. The maximum Gasteiger partial charge on any atom is 0.190 e. The molecule has 0 amide bonds. The van der Waals surface area contributed by atoms with Crippen molar-refractivity contribution in [1.82, 2.24) is 14.8 Å². The van der Waals surface area contributed by atoms with Gasteiger partial charge in [-0.3, -0.25) is 0 Å². The van der Waals surface area contributed by atoms with E-state index in [1.807, 2.05) is 11.6 Å². The minimum absolute atomic E-state index is 0. The van der Waals surface area contributed by atoms with E-state index in [0.717, 1.165) is 10.9 Å². The van der Waals surface area contributed by atoms with E-state index in [1.165, 1.54) is 0 Å². The topological polar surface area (TPSA) is 56.7 Å². The van der Waals surface area contributed by atoms with E-state index in [0.29, 0.717) is 6.54 Å². The lowest BCUT2D eigenvalue weighted by Gasteiger charge is -1.95. The third kappa shape index (κ3) is 4.15. The number of nitrogens with zero attached hydrogens (tertiary/aromatic N) is 3. The Morgan fingerprint density at radius 2 is 2.25 bits per heavy atom. The van der Waals surface area contributed by atoms with Crippen LogP contribution in [0.1, 0.15) is 0 Å². The van der Waals surface area contributed by atoms with Crippen molar-refractivity contribution in [3.63, 3.8) is 0 Å². The summed E-state index contributed by atoms with van der Waals surface area (Å²) in [6.45, 7) is 0.678. The number of nitrogens with two attached hydrogens (primary N) is 1. The first-order chi connectivity index (χ1) is 4.84. The van der Waals surface area contributed by atoms with Gasteiger partial charge in [0.1, 0.15) is 6.33 Å². The molecule has 2 N–H and O–H groups in total. The van der Waals surface area contributed by atoms with Gasteiger partial charge in [0.25, 0.3) is 0 Å². The van der Waals surface area contributed by atoms with Crippen LogP contribution in [0, 0.1) is 0 Å². The van der Waals surface area contributed by atoms with Gasteiger partial charge in [0.15, 0.2) is 5.16 Å². The largest absolute Gasteiger partial charge is 0.330 e. The quantitative estimate of drug-likeness (QED) is 0.778. The van der Waals surface area contributed by atoms with Crippen molar-refractivity contribution in [3.8, 4) is 0 Å². The summed E-state index contributed by atoms with van der Waals surface area (Å²) >= 11 is 1.62. The van der Waals surface area contributed by atoms with Gasteiger partial charge in [0.05, 0.1) is 0 Å². The van der Waals surface area contributed by atoms with Crippen LogP contribution < -0.4 is 5.73 Å². The van der Waals surface area contributed by atoms with Gasteiger partial charge in [-0.15, -0.1) is 35.0 Å². The molecule has 12 heavy (non-hydrogen) atoms. The minimum Gasteiger partial charge on any atom is -0.330 e. The molecule has 1 heterocycles. The van der Waals surface area contributed by atoms with Crippen molar-refractivity contribution in [3.05, 3.63) is 6.33 Å². The van der Waals surface area contributed by atoms with Gasteiger partial charge in [-0.2, -0.15) is 0 Å². The van der Waals surface area contributed by atoms with Crippen LogP contribution in [-0.2, 0) is 7.05 Å². The molecule has 0 unspecified atom stereocenters. The Labute approximate surface area is 88.1 Å². The lowest BCUT2D eigenvalue weighted by Crippen LogP contribution is -2.02. The van der Waals surface area contributed by atoms with Crippen LogP contribution in [0.4, 0.5) is 0 Å². The normalized spacial score (nSPS) is 8.50. The monoisotopic (exact) mass is 230 g/mol. The van der Waals surface area contributed by atoms with Gasteiger partial charge in [0, 0.05) is 19.3 Å². The molecule has 0 aliphatic carbocycles. The zero-order valence-electron chi connectivity index (χ0n) is 6.64. The second-order valence-electron chi connectivity index (χ2n) is 1.86. The molecule has 0 aromatic carbocycles. The number of aryl methyl sites for hydroxylation is 1. The molecule has 0 aliphatic rings. The van der Waals surface area contributed by atoms with Crippen molar-refractivity contribution in [1.29, 1.82) is 0 Å². The third-order valence-electron chi connectivity index (χ3n) is 1.02. The maximum atomic E-state index is 5.32. The molecular weight excluding hydrogens is 219 g/mol. The summed E-state index contributed by atoms with van der Waals surface area (Å²) in [5.74, 6) is 0.895. The summed E-state index contributed by atoms with van der Waals surface area (Å²) in [5.41, 5.74) is 5.32. The molecule has 7 heteroatoms. The molecule has 0 saturated carbocycles. The van der Waals surface area contributed by atoms with E-state index in [9.17, 15) is 0 Å². The van der Waals surface area contributed by atoms with Crippen molar-refractivity contribution < 1.29 is 0 Å². The van der Waals surface area contributed by atoms with Crippen LogP contribution in [0.25, 0.3) is 0 Å². The van der Waals surface area contributed by atoms with Crippen molar-refractivity contribution in [2.75, 3.05) is 12.3 Å². The molecule has 0 atom stereocenters. The molecule has 0 bridgehead atoms. The summed E-state index contributed by atoms with van der Waals surface area (Å²) in [4.78, 5) is 0. The first-order valence-electron chi connectivity index (χ1n) is 3.01. The molecule has 0 saturated heterocycles. The van der Waals surface area contributed by atoms with Gasteiger partial charge in [-0.05, 0) is 0 Å². The molecular formula is C5H12Cl2N4S. The highest BCUT2D eigenvalue weighted by Gasteiger charge is 1.97. The number of thioether (sulfide) groups is 1. The SMILES string of the molecule is Cl.Cl.Cn1cnnc1SCCN. The average molecular weight is 231 g/mol. The molecule has 4 nitrogen and oxygen atoms in total. The van der Waals surface area contributed by atoms with Gasteiger partial charge < -0.3 is 10.3 Å². The molecule has 1 rings (SSSR count). The van der Waals surface area contributed by atoms with E-state index in [4.69, 9.17) is 5.73 Å². The molecule has 0 spiro atoms.